The number of carbonyl (C=O) groups is 2. The molecule has 26 heavy (non-hydrogen) atoms. The van der Waals surface area contributed by atoms with Crippen molar-refractivity contribution in [2.45, 2.75) is 51.6 Å². The zero-order valence-corrected chi connectivity index (χ0v) is 15.3. The second-order valence-electron chi connectivity index (χ2n) is 6.85. The normalized spacial score (nSPS) is 17.8. The van der Waals surface area contributed by atoms with Crippen LogP contribution in [0.1, 0.15) is 55.2 Å². The molecule has 1 aliphatic rings. The van der Waals surface area contributed by atoms with E-state index >= 15 is 0 Å². The number of rotatable bonds is 5. The summed E-state index contributed by atoms with van der Waals surface area (Å²) in [6, 6.07) is 1.83. The van der Waals surface area contributed by atoms with Crippen molar-refractivity contribution in [2.75, 3.05) is 13.2 Å². The second kappa shape index (κ2) is 7.03. The van der Waals surface area contributed by atoms with E-state index in [0.29, 0.717) is 35.5 Å². The van der Waals surface area contributed by atoms with Gasteiger partial charge in [0.25, 0.3) is 5.91 Å². The van der Waals surface area contributed by atoms with Crippen molar-refractivity contribution in [3.05, 3.63) is 23.5 Å². The number of aromatic nitrogens is 3. The molecular weight excluding hydrogens is 336 g/mol. The predicted molar refractivity (Wildman–Crippen MR) is 95.2 cm³/mol. The number of carbonyl (C=O) groups excluding carboxylic acids is 1. The molecule has 0 bridgehead atoms. The molecule has 1 saturated heterocycles. The fraction of sp³-hybridized carbons (Fsp3) is 0.556. The van der Waals surface area contributed by atoms with E-state index < -0.39 is 17.4 Å². The SMILES string of the molecule is CCC(C)n1ncc2c(C(=O)NC3(C(=O)O)CCOCC3)cc(C)nc21. The van der Waals surface area contributed by atoms with Crippen molar-refractivity contribution in [2.24, 2.45) is 0 Å². The quantitative estimate of drug-likeness (QED) is 0.845. The maximum atomic E-state index is 13.0. The van der Waals surface area contributed by atoms with Crippen molar-refractivity contribution in [1.29, 1.82) is 0 Å². The molecule has 0 aromatic carbocycles. The molecule has 0 spiro atoms. The molecule has 8 heteroatoms. The van der Waals surface area contributed by atoms with Crippen LogP contribution in [0, 0.1) is 6.92 Å². The van der Waals surface area contributed by atoms with Crippen LogP contribution in [0.15, 0.2) is 12.3 Å². The van der Waals surface area contributed by atoms with Gasteiger partial charge in [-0.25, -0.2) is 14.5 Å². The zero-order valence-electron chi connectivity index (χ0n) is 15.3. The summed E-state index contributed by atoms with van der Waals surface area (Å²) in [5.74, 6) is -1.46. The summed E-state index contributed by atoms with van der Waals surface area (Å²) < 4.78 is 7.06. The van der Waals surface area contributed by atoms with Gasteiger partial charge in [0.05, 0.1) is 23.2 Å². The first-order valence-electron chi connectivity index (χ1n) is 8.86. The second-order valence-corrected chi connectivity index (χ2v) is 6.85. The maximum absolute atomic E-state index is 13.0. The average molecular weight is 360 g/mol. The summed E-state index contributed by atoms with van der Waals surface area (Å²) in [7, 11) is 0. The van der Waals surface area contributed by atoms with Gasteiger partial charge in [0.1, 0.15) is 5.54 Å². The van der Waals surface area contributed by atoms with Crippen LogP contribution in [0.5, 0.6) is 0 Å². The highest BCUT2D eigenvalue weighted by atomic mass is 16.5. The number of pyridine rings is 1. The fourth-order valence-corrected chi connectivity index (χ4v) is 3.22. The summed E-state index contributed by atoms with van der Waals surface area (Å²) >= 11 is 0. The van der Waals surface area contributed by atoms with E-state index in [1.807, 2.05) is 13.8 Å². The lowest BCUT2D eigenvalue weighted by Crippen LogP contribution is -2.57. The number of aliphatic carboxylic acids is 1. The van der Waals surface area contributed by atoms with Crippen molar-refractivity contribution < 1.29 is 19.4 Å². The van der Waals surface area contributed by atoms with Gasteiger partial charge in [-0.2, -0.15) is 5.10 Å². The molecule has 1 atom stereocenters. The minimum atomic E-state index is -1.30. The van der Waals surface area contributed by atoms with E-state index in [-0.39, 0.29) is 18.9 Å². The number of amides is 1. The molecule has 1 unspecified atom stereocenters. The number of carboxylic acid groups (broad SMARTS) is 1. The van der Waals surface area contributed by atoms with E-state index in [9.17, 15) is 14.7 Å². The minimum absolute atomic E-state index is 0.151. The highest BCUT2D eigenvalue weighted by Gasteiger charge is 2.42. The highest BCUT2D eigenvalue weighted by molar-refractivity contribution is 6.07. The summed E-state index contributed by atoms with van der Waals surface area (Å²) in [5.41, 5.74) is 0.421. The minimum Gasteiger partial charge on any atom is -0.480 e. The molecular formula is C18H24N4O4. The third-order valence-corrected chi connectivity index (χ3v) is 5.06. The van der Waals surface area contributed by atoms with E-state index in [4.69, 9.17) is 4.74 Å². The molecule has 140 valence electrons. The van der Waals surface area contributed by atoms with Gasteiger partial charge in [0.2, 0.25) is 0 Å². The number of hydrogen-bond donors (Lipinski definition) is 2. The molecule has 3 rings (SSSR count). The lowest BCUT2D eigenvalue weighted by atomic mass is 9.89. The highest BCUT2D eigenvalue weighted by Crippen LogP contribution is 2.25. The molecule has 1 fully saturated rings. The van der Waals surface area contributed by atoms with Crippen molar-refractivity contribution >= 4 is 22.9 Å². The van der Waals surface area contributed by atoms with Gasteiger partial charge in [0, 0.05) is 31.7 Å². The molecule has 0 saturated carbocycles. The van der Waals surface area contributed by atoms with Crippen LogP contribution in [0.2, 0.25) is 0 Å². The molecule has 2 aromatic rings. The number of nitrogens with zero attached hydrogens (tertiary/aromatic N) is 3. The van der Waals surface area contributed by atoms with E-state index in [2.05, 4.69) is 22.3 Å². The molecule has 0 aliphatic carbocycles. The summed E-state index contributed by atoms with van der Waals surface area (Å²) in [6.07, 6.45) is 3.00. The van der Waals surface area contributed by atoms with Crippen molar-refractivity contribution in [3.63, 3.8) is 0 Å². The Labute approximate surface area is 151 Å². The number of fused-ring (bicyclic) bond motifs is 1. The largest absolute Gasteiger partial charge is 0.480 e. The maximum Gasteiger partial charge on any atom is 0.329 e. The number of nitrogens with one attached hydrogen (secondary N) is 1. The summed E-state index contributed by atoms with van der Waals surface area (Å²) in [6.45, 7) is 6.53. The van der Waals surface area contributed by atoms with Gasteiger partial charge >= 0.3 is 5.97 Å². The Hall–Kier alpha value is -2.48. The topological polar surface area (TPSA) is 106 Å². The van der Waals surface area contributed by atoms with E-state index in [1.165, 1.54) is 0 Å². The third-order valence-electron chi connectivity index (χ3n) is 5.06. The molecule has 2 aromatic heterocycles. The fourth-order valence-electron chi connectivity index (χ4n) is 3.22. The standard InChI is InChI=1S/C18H24N4O4/c1-4-12(3)22-15-14(10-19-22)13(9-11(2)20-15)16(23)21-18(17(24)25)5-7-26-8-6-18/h9-10,12H,4-8H2,1-3H3,(H,21,23)(H,24,25). The van der Waals surface area contributed by atoms with Crippen molar-refractivity contribution in [1.82, 2.24) is 20.1 Å². The van der Waals surface area contributed by atoms with Crippen LogP contribution in [0.4, 0.5) is 0 Å². The predicted octanol–water partition coefficient (Wildman–Crippen LogP) is 2.07. The molecule has 1 aliphatic heterocycles. The first-order chi connectivity index (χ1) is 12.4. The Morgan fingerprint density at radius 3 is 2.73 bits per heavy atom. The third kappa shape index (κ3) is 3.16. The van der Waals surface area contributed by atoms with Gasteiger partial charge in [-0.15, -0.1) is 0 Å². The number of ether oxygens (including phenoxy) is 1. The monoisotopic (exact) mass is 360 g/mol. The Balaban J connectivity index is 2.00. The summed E-state index contributed by atoms with van der Waals surface area (Å²) in [4.78, 5) is 29.3. The first kappa shape index (κ1) is 18.3. The van der Waals surface area contributed by atoms with Gasteiger partial charge in [-0.3, -0.25) is 4.79 Å². The van der Waals surface area contributed by atoms with E-state index in [1.54, 1.807) is 16.9 Å². The summed E-state index contributed by atoms with van der Waals surface area (Å²) in [5, 5.41) is 17.4. The Bertz CT molecular complexity index is 839. The van der Waals surface area contributed by atoms with Gasteiger partial charge in [-0.05, 0) is 26.3 Å². The lowest BCUT2D eigenvalue weighted by molar-refractivity contribution is -0.148. The van der Waals surface area contributed by atoms with Crippen LogP contribution in [-0.2, 0) is 9.53 Å². The van der Waals surface area contributed by atoms with Gasteiger partial charge in [0.15, 0.2) is 5.65 Å². The molecule has 8 nitrogen and oxygen atoms in total. The van der Waals surface area contributed by atoms with Crippen LogP contribution < -0.4 is 5.32 Å². The van der Waals surface area contributed by atoms with Gasteiger partial charge in [-0.1, -0.05) is 6.92 Å². The number of aryl methyl sites for hydroxylation is 1. The van der Waals surface area contributed by atoms with Crippen LogP contribution in [0.3, 0.4) is 0 Å². The van der Waals surface area contributed by atoms with Crippen LogP contribution >= 0.6 is 0 Å². The zero-order chi connectivity index (χ0) is 18.9. The Kier molecular flexibility index (Phi) is 4.95. The Morgan fingerprint density at radius 2 is 2.12 bits per heavy atom. The van der Waals surface area contributed by atoms with E-state index in [0.717, 1.165) is 6.42 Å². The number of hydrogen-bond acceptors (Lipinski definition) is 5. The first-order valence-corrected chi connectivity index (χ1v) is 8.86. The van der Waals surface area contributed by atoms with Crippen LogP contribution in [-0.4, -0.2) is 50.5 Å². The number of carboxylic acids is 1. The Morgan fingerprint density at radius 1 is 1.42 bits per heavy atom. The van der Waals surface area contributed by atoms with Gasteiger partial charge < -0.3 is 15.2 Å². The molecule has 2 N–H and O–H groups in total. The molecule has 0 radical (unpaired) electrons. The molecule has 1 amide bonds. The molecule has 3 heterocycles. The average Bonchev–Trinajstić information content (AvgIpc) is 3.04. The van der Waals surface area contributed by atoms with Crippen molar-refractivity contribution in [3.8, 4) is 0 Å². The lowest BCUT2D eigenvalue weighted by Gasteiger charge is -2.33. The van der Waals surface area contributed by atoms with Crippen LogP contribution in [0.25, 0.3) is 11.0 Å². The smallest absolute Gasteiger partial charge is 0.329 e.